The van der Waals surface area contributed by atoms with Gasteiger partial charge in [-0.2, -0.15) is 4.37 Å². The molecule has 1 aromatic carbocycles. The van der Waals surface area contributed by atoms with Crippen molar-refractivity contribution in [2.75, 3.05) is 0 Å². The molecule has 0 aliphatic rings. The summed E-state index contributed by atoms with van der Waals surface area (Å²) in [6.07, 6.45) is 0. The summed E-state index contributed by atoms with van der Waals surface area (Å²) in [5, 5.41) is 11.2. The van der Waals surface area contributed by atoms with E-state index in [-0.39, 0.29) is 5.00 Å². The van der Waals surface area contributed by atoms with E-state index in [4.69, 9.17) is 0 Å². The van der Waals surface area contributed by atoms with Crippen LogP contribution in [0.4, 0.5) is 5.00 Å². The third-order valence-corrected chi connectivity index (χ3v) is 2.36. The fourth-order valence-electron chi connectivity index (χ4n) is 1.01. The minimum Gasteiger partial charge on any atom is -0.257 e. The SMILES string of the molecule is O=[N+]([O-])c1snc2ccccc12. The topological polar surface area (TPSA) is 56.0 Å². The third kappa shape index (κ3) is 0.947. The van der Waals surface area contributed by atoms with Crippen LogP contribution < -0.4 is 0 Å². The first kappa shape index (κ1) is 7.17. The highest BCUT2D eigenvalue weighted by atomic mass is 32.1. The summed E-state index contributed by atoms with van der Waals surface area (Å²) in [6.45, 7) is 0. The number of hydrogen-bond donors (Lipinski definition) is 0. The van der Waals surface area contributed by atoms with Crippen molar-refractivity contribution < 1.29 is 4.92 Å². The number of fused-ring (bicyclic) bond motifs is 1. The Morgan fingerprint density at radius 2 is 2.17 bits per heavy atom. The zero-order valence-corrected chi connectivity index (χ0v) is 6.75. The molecule has 5 heteroatoms. The molecule has 60 valence electrons. The van der Waals surface area contributed by atoms with Gasteiger partial charge < -0.3 is 0 Å². The van der Waals surface area contributed by atoms with Gasteiger partial charge in [0.25, 0.3) is 0 Å². The van der Waals surface area contributed by atoms with Crippen LogP contribution in [0.25, 0.3) is 10.9 Å². The maximum atomic E-state index is 10.5. The van der Waals surface area contributed by atoms with E-state index in [1.807, 2.05) is 6.07 Å². The normalized spacial score (nSPS) is 10.3. The van der Waals surface area contributed by atoms with Gasteiger partial charge in [0, 0.05) is 11.5 Å². The van der Waals surface area contributed by atoms with Crippen LogP contribution in [-0.4, -0.2) is 9.30 Å². The maximum absolute atomic E-state index is 10.5. The van der Waals surface area contributed by atoms with Gasteiger partial charge in [0.15, 0.2) is 0 Å². The Balaban J connectivity index is 2.79. The highest BCUT2D eigenvalue weighted by Gasteiger charge is 2.14. The summed E-state index contributed by atoms with van der Waals surface area (Å²) in [5.41, 5.74) is 0.689. The monoisotopic (exact) mass is 180 g/mol. The Bertz CT molecular complexity index is 438. The molecule has 2 rings (SSSR count). The molecular formula is C7H4N2O2S. The van der Waals surface area contributed by atoms with E-state index in [9.17, 15) is 10.1 Å². The molecule has 1 aromatic heterocycles. The third-order valence-electron chi connectivity index (χ3n) is 1.53. The molecule has 0 atom stereocenters. The van der Waals surface area contributed by atoms with Crippen molar-refractivity contribution in [2.24, 2.45) is 0 Å². The predicted octanol–water partition coefficient (Wildman–Crippen LogP) is 2.20. The second-order valence-electron chi connectivity index (χ2n) is 2.26. The second-order valence-corrected chi connectivity index (χ2v) is 3.01. The average molecular weight is 180 g/mol. The van der Waals surface area contributed by atoms with E-state index in [2.05, 4.69) is 4.37 Å². The predicted molar refractivity (Wildman–Crippen MR) is 46.3 cm³/mol. The number of aromatic nitrogens is 1. The number of benzene rings is 1. The summed E-state index contributed by atoms with van der Waals surface area (Å²) in [7, 11) is 0. The summed E-state index contributed by atoms with van der Waals surface area (Å²) < 4.78 is 3.94. The molecule has 0 unspecified atom stereocenters. The molecule has 0 N–H and O–H groups in total. The minimum absolute atomic E-state index is 0.116. The van der Waals surface area contributed by atoms with Crippen LogP contribution in [0.15, 0.2) is 24.3 Å². The second kappa shape index (κ2) is 2.53. The minimum atomic E-state index is -0.403. The van der Waals surface area contributed by atoms with Crippen molar-refractivity contribution in [3.05, 3.63) is 34.4 Å². The van der Waals surface area contributed by atoms with Gasteiger partial charge in [0.1, 0.15) is 0 Å². The number of hydrogen-bond acceptors (Lipinski definition) is 4. The van der Waals surface area contributed by atoms with E-state index < -0.39 is 4.92 Å². The summed E-state index contributed by atoms with van der Waals surface area (Å²) >= 11 is 0.922. The fourth-order valence-corrected chi connectivity index (χ4v) is 1.69. The van der Waals surface area contributed by atoms with Crippen LogP contribution in [0.1, 0.15) is 0 Å². The first-order chi connectivity index (χ1) is 5.79. The summed E-state index contributed by atoms with van der Waals surface area (Å²) in [4.78, 5) is 10.0. The van der Waals surface area contributed by atoms with Crippen molar-refractivity contribution in [3.8, 4) is 0 Å². The molecule has 0 aliphatic heterocycles. The smallest absolute Gasteiger partial charge is 0.257 e. The van der Waals surface area contributed by atoms with Gasteiger partial charge >= 0.3 is 5.00 Å². The van der Waals surface area contributed by atoms with Crippen LogP contribution in [0.2, 0.25) is 0 Å². The van der Waals surface area contributed by atoms with Crippen molar-refractivity contribution in [1.29, 1.82) is 0 Å². The Kier molecular flexibility index (Phi) is 1.51. The molecule has 4 nitrogen and oxygen atoms in total. The molecule has 0 fully saturated rings. The summed E-state index contributed by atoms with van der Waals surface area (Å²) in [6, 6.07) is 7.05. The lowest BCUT2D eigenvalue weighted by atomic mass is 10.2. The van der Waals surface area contributed by atoms with Gasteiger partial charge in [-0.15, -0.1) is 0 Å². The molecule has 0 saturated carbocycles. The van der Waals surface area contributed by atoms with Gasteiger partial charge in [0.2, 0.25) is 0 Å². The zero-order chi connectivity index (χ0) is 8.55. The van der Waals surface area contributed by atoms with Crippen LogP contribution in [0, 0.1) is 10.1 Å². The number of rotatable bonds is 1. The average Bonchev–Trinajstić information content (AvgIpc) is 2.47. The molecule has 0 amide bonds. The molecular weight excluding hydrogens is 176 g/mol. The van der Waals surface area contributed by atoms with Crippen molar-refractivity contribution in [1.82, 2.24) is 4.37 Å². The van der Waals surface area contributed by atoms with E-state index in [0.717, 1.165) is 11.5 Å². The Labute approximate surface area is 71.8 Å². The fraction of sp³-hybridized carbons (Fsp3) is 0. The lowest BCUT2D eigenvalue weighted by molar-refractivity contribution is -0.378. The number of nitrogens with zero attached hydrogens (tertiary/aromatic N) is 2. The van der Waals surface area contributed by atoms with Crippen LogP contribution in [0.5, 0.6) is 0 Å². The molecule has 0 saturated heterocycles. The first-order valence-electron chi connectivity index (χ1n) is 3.28. The molecule has 0 radical (unpaired) electrons. The van der Waals surface area contributed by atoms with Crippen LogP contribution in [0.3, 0.4) is 0 Å². The van der Waals surface area contributed by atoms with E-state index in [0.29, 0.717) is 10.9 Å². The first-order valence-corrected chi connectivity index (χ1v) is 4.05. The molecule has 12 heavy (non-hydrogen) atoms. The van der Waals surface area contributed by atoms with Gasteiger partial charge in [0.05, 0.1) is 15.8 Å². The molecule has 0 spiro atoms. The molecule has 1 heterocycles. The van der Waals surface area contributed by atoms with Crippen LogP contribution in [-0.2, 0) is 0 Å². The lowest BCUT2D eigenvalue weighted by Crippen LogP contribution is -1.82. The van der Waals surface area contributed by atoms with Gasteiger partial charge in [-0.1, -0.05) is 12.1 Å². The highest BCUT2D eigenvalue weighted by Crippen LogP contribution is 2.28. The van der Waals surface area contributed by atoms with E-state index >= 15 is 0 Å². The largest absolute Gasteiger partial charge is 0.350 e. The van der Waals surface area contributed by atoms with Crippen molar-refractivity contribution in [2.45, 2.75) is 0 Å². The standard InChI is InChI=1S/C7H4N2O2S/c10-9(11)7-5-3-1-2-4-6(5)8-12-7/h1-4H. The Morgan fingerprint density at radius 1 is 1.42 bits per heavy atom. The Morgan fingerprint density at radius 3 is 2.92 bits per heavy atom. The van der Waals surface area contributed by atoms with Gasteiger partial charge in [-0.3, -0.25) is 10.1 Å². The highest BCUT2D eigenvalue weighted by molar-refractivity contribution is 7.10. The van der Waals surface area contributed by atoms with Crippen LogP contribution >= 0.6 is 11.5 Å². The van der Waals surface area contributed by atoms with Crippen molar-refractivity contribution in [3.63, 3.8) is 0 Å². The molecule has 2 aromatic rings. The quantitative estimate of drug-likeness (QED) is 0.499. The molecule has 0 bridgehead atoms. The van der Waals surface area contributed by atoms with E-state index in [1.165, 1.54) is 0 Å². The zero-order valence-electron chi connectivity index (χ0n) is 5.93. The Hall–Kier alpha value is -1.49. The number of nitro groups is 1. The lowest BCUT2D eigenvalue weighted by Gasteiger charge is -1.84. The molecule has 0 aliphatic carbocycles. The maximum Gasteiger partial charge on any atom is 0.350 e. The van der Waals surface area contributed by atoms with Crippen molar-refractivity contribution >= 4 is 27.4 Å². The summed E-state index contributed by atoms with van der Waals surface area (Å²) in [5.74, 6) is 0. The van der Waals surface area contributed by atoms with Gasteiger partial charge in [-0.05, 0) is 12.1 Å². The van der Waals surface area contributed by atoms with E-state index in [1.54, 1.807) is 18.2 Å². The van der Waals surface area contributed by atoms with Gasteiger partial charge in [-0.25, -0.2) is 0 Å².